The predicted molar refractivity (Wildman–Crippen MR) is 48.3 cm³/mol. The molecular formula is C8H11CaNO2. The molecule has 1 rings (SSSR count). The van der Waals surface area contributed by atoms with Crippen molar-refractivity contribution in [3.05, 3.63) is 23.8 Å². The summed E-state index contributed by atoms with van der Waals surface area (Å²) in [6, 6.07) is 4.71. The maximum Gasteiger partial charge on any atom is 0.157 e. The molecule has 0 saturated carbocycles. The number of phenols is 2. The van der Waals surface area contributed by atoms with Crippen molar-refractivity contribution in [3.8, 4) is 11.5 Å². The van der Waals surface area contributed by atoms with Gasteiger partial charge in [0.1, 0.15) is 0 Å². The fraction of sp³-hybridized carbons (Fsp3) is 0.250. The average molecular weight is 193 g/mol. The van der Waals surface area contributed by atoms with E-state index in [1.807, 2.05) is 0 Å². The van der Waals surface area contributed by atoms with Gasteiger partial charge in [-0.1, -0.05) is 6.07 Å². The Hall–Kier alpha value is 0.0397. The molecule has 4 N–H and O–H groups in total. The third-order valence-corrected chi connectivity index (χ3v) is 1.47. The molecule has 0 aromatic heterocycles. The summed E-state index contributed by atoms with van der Waals surface area (Å²) in [7, 11) is 0. The summed E-state index contributed by atoms with van der Waals surface area (Å²) in [6.07, 6.45) is 0.716. The summed E-state index contributed by atoms with van der Waals surface area (Å²) >= 11 is 0. The second kappa shape index (κ2) is 5.65. The zero-order valence-corrected chi connectivity index (χ0v) is 9.03. The van der Waals surface area contributed by atoms with Gasteiger partial charge in [0.25, 0.3) is 0 Å². The summed E-state index contributed by atoms with van der Waals surface area (Å²) in [5, 5.41) is 18.0. The van der Waals surface area contributed by atoms with Crippen LogP contribution in [0, 0.1) is 0 Å². The first kappa shape index (κ1) is 12.0. The topological polar surface area (TPSA) is 66.5 Å². The van der Waals surface area contributed by atoms with Gasteiger partial charge in [0.15, 0.2) is 11.5 Å². The number of hydrogen-bond acceptors (Lipinski definition) is 3. The summed E-state index contributed by atoms with van der Waals surface area (Å²) in [4.78, 5) is 0. The second-order valence-electron chi connectivity index (χ2n) is 2.36. The maximum absolute atomic E-state index is 9.04. The fourth-order valence-electron chi connectivity index (χ4n) is 0.891. The molecule has 3 nitrogen and oxygen atoms in total. The van der Waals surface area contributed by atoms with Gasteiger partial charge in [-0.3, -0.25) is 0 Å². The van der Waals surface area contributed by atoms with Gasteiger partial charge in [0, 0.05) is 37.7 Å². The van der Waals surface area contributed by atoms with Crippen LogP contribution in [0.25, 0.3) is 0 Å². The number of nitrogens with two attached hydrogens (primary N) is 1. The largest absolute Gasteiger partial charge is 0.504 e. The minimum absolute atomic E-state index is 0. The summed E-state index contributed by atoms with van der Waals surface area (Å²) in [5.74, 6) is -0.179. The third kappa shape index (κ3) is 3.19. The molecule has 0 amide bonds. The van der Waals surface area contributed by atoms with Crippen molar-refractivity contribution in [3.63, 3.8) is 0 Å². The van der Waals surface area contributed by atoms with Crippen LogP contribution in [-0.2, 0) is 6.42 Å². The Bertz CT molecular complexity index is 253. The molecule has 4 heteroatoms. The number of benzene rings is 1. The SMILES string of the molecule is NCCc1ccc(O)c(O)c1.[Ca]. The molecule has 0 heterocycles. The standard InChI is InChI=1S/C8H11NO2.Ca/c9-4-3-6-1-2-7(10)8(11)5-6;/h1-2,5,10-11H,3-4,9H2;. The number of aromatic hydroxyl groups is 2. The van der Waals surface area contributed by atoms with Gasteiger partial charge in [-0.15, -0.1) is 0 Å². The quantitative estimate of drug-likeness (QED) is 0.465. The Labute approximate surface area is 101 Å². The zero-order chi connectivity index (χ0) is 8.27. The van der Waals surface area contributed by atoms with E-state index in [1.54, 1.807) is 6.07 Å². The molecule has 0 bridgehead atoms. The Kier molecular flexibility index (Phi) is 5.66. The van der Waals surface area contributed by atoms with E-state index in [9.17, 15) is 0 Å². The van der Waals surface area contributed by atoms with Crippen LogP contribution in [0.2, 0.25) is 0 Å². The minimum Gasteiger partial charge on any atom is -0.504 e. The Morgan fingerprint density at radius 1 is 1.17 bits per heavy atom. The molecule has 0 unspecified atom stereocenters. The fourth-order valence-corrected chi connectivity index (χ4v) is 0.891. The van der Waals surface area contributed by atoms with Crippen LogP contribution in [0.15, 0.2) is 18.2 Å². The van der Waals surface area contributed by atoms with Crippen LogP contribution >= 0.6 is 0 Å². The maximum atomic E-state index is 9.04. The molecule has 0 saturated heterocycles. The molecule has 0 aliphatic heterocycles. The second-order valence-corrected chi connectivity index (χ2v) is 2.36. The minimum atomic E-state index is -0.0919. The van der Waals surface area contributed by atoms with E-state index in [2.05, 4.69) is 0 Å². The van der Waals surface area contributed by atoms with Crippen LogP contribution in [0.4, 0.5) is 0 Å². The van der Waals surface area contributed by atoms with Gasteiger partial charge in [-0.25, -0.2) is 0 Å². The molecule has 62 valence electrons. The average Bonchev–Trinajstić information content (AvgIpc) is 1.98. The molecule has 0 aliphatic rings. The van der Waals surface area contributed by atoms with E-state index >= 15 is 0 Å². The monoisotopic (exact) mass is 193 g/mol. The van der Waals surface area contributed by atoms with Crippen LogP contribution < -0.4 is 5.73 Å². The van der Waals surface area contributed by atoms with Crippen molar-refractivity contribution >= 4 is 37.7 Å². The first-order chi connectivity index (χ1) is 5.24. The summed E-state index contributed by atoms with van der Waals surface area (Å²) in [6.45, 7) is 0.546. The van der Waals surface area contributed by atoms with E-state index in [1.165, 1.54) is 12.1 Å². The Morgan fingerprint density at radius 3 is 2.33 bits per heavy atom. The smallest absolute Gasteiger partial charge is 0.157 e. The van der Waals surface area contributed by atoms with Crippen molar-refractivity contribution in [2.24, 2.45) is 5.73 Å². The molecule has 12 heavy (non-hydrogen) atoms. The Morgan fingerprint density at radius 2 is 1.83 bits per heavy atom. The van der Waals surface area contributed by atoms with Crippen molar-refractivity contribution in [2.75, 3.05) is 6.54 Å². The summed E-state index contributed by atoms with van der Waals surface area (Å²) in [5.41, 5.74) is 6.24. The van der Waals surface area contributed by atoms with Gasteiger partial charge >= 0.3 is 0 Å². The van der Waals surface area contributed by atoms with Crippen molar-refractivity contribution < 1.29 is 10.2 Å². The van der Waals surface area contributed by atoms with Gasteiger partial charge < -0.3 is 15.9 Å². The molecule has 0 atom stereocenters. The number of rotatable bonds is 2. The van der Waals surface area contributed by atoms with E-state index in [0.717, 1.165) is 5.56 Å². The van der Waals surface area contributed by atoms with Gasteiger partial charge in [0.05, 0.1) is 0 Å². The zero-order valence-electron chi connectivity index (χ0n) is 6.83. The molecule has 1 aromatic carbocycles. The molecule has 2 radical (unpaired) electrons. The third-order valence-electron chi connectivity index (χ3n) is 1.47. The molecule has 0 spiro atoms. The number of hydrogen-bond donors (Lipinski definition) is 3. The van der Waals surface area contributed by atoms with Gasteiger partial charge in [-0.2, -0.15) is 0 Å². The van der Waals surface area contributed by atoms with Crippen LogP contribution in [0.5, 0.6) is 11.5 Å². The van der Waals surface area contributed by atoms with Gasteiger partial charge in [0.2, 0.25) is 0 Å². The van der Waals surface area contributed by atoms with Crippen LogP contribution in [0.1, 0.15) is 5.56 Å². The van der Waals surface area contributed by atoms with E-state index < -0.39 is 0 Å². The van der Waals surface area contributed by atoms with Crippen molar-refractivity contribution in [1.82, 2.24) is 0 Å². The molecule has 0 fully saturated rings. The summed E-state index contributed by atoms with van der Waals surface area (Å²) < 4.78 is 0. The van der Waals surface area contributed by atoms with E-state index in [0.29, 0.717) is 13.0 Å². The van der Waals surface area contributed by atoms with E-state index in [-0.39, 0.29) is 49.2 Å². The van der Waals surface area contributed by atoms with E-state index in [4.69, 9.17) is 15.9 Å². The normalized spacial score (nSPS) is 9.08. The van der Waals surface area contributed by atoms with Gasteiger partial charge in [-0.05, 0) is 30.7 Å². The molecular weight excluding hydrogens is 182 g/mol. The number of phenolic OH excluding ortho intramolecular Hbond substituents is 2. The molecule has 0 aliphatic carbocycles. The van der Waals surface area contributed by atoms with Crippen molar-refractivity contribution in [2.45, 2.75) is 6.42 Å². The van der Waals surface area contributed by atoms with Crippen LogP contribution in [0.3, 0.4) is 0 Å². The first-order valence-electron chi connectivity index (χ1n) is 3.45. The first-order valence-corrected chi connectivity index (χ1v) is 3.45. The molecule has 1 aromatic rings. The van der Waals surface area contributed by atoms with Crippen molar-refractivity contribution in [1.29, 1.82) is 0 Å². The van der Waals surface area contributed by atoms with Crippen LogP contribution in [-0.4, -0.2) is 54.5 Å². The Balaban J connectivity index is 0.00000121. The predicted octanol–water partition coefficient (Wildman–Crippen LogP) is 0.218.